The minimum absolute atomic E-state index is 0.169. The molecule has 2 rings (SSSR count). The minimum Gasteiger partial charge on any atom is -0.478 e. The van der Waals surface area contributed by atoms with Gasteiger partial charge >= 0.3 is 12.3 Å². The Bertz CT molecular complexity index is 467. The Morgan fingerprint density at radius 2 is 2.13 bits per heavy atom. The molecular weight excluding hydrogens is 196 g/mol. The van der Waals surface area contributed by atoms with Crippen molar-refractivity contribution in [2.24, 2.45) is 0 Å². The lowest BCUT2D eigenvalue weighted by Gasteiger charge is -1.99. The predicted octanol–water partition coefficient (Wildman–Crippen LogP) is 1.51. The zero-order valence-corrected chi connectivity index (χ0v) is 7.98. The molecule has 1 N–H and O–H groups in total. The normalized spacial score (nSPS) is 16.7. The van der Waals surface area contributed by atoms with E-state index in [1.54, 1.807) is 13.0 Å². The van der Waals surface area contributed by atoms with E-state index < -0.39 is 12.3 Å². The maximum Gasteiger partial charge on any atom is 0.335 e. The van der Waals surface area contributed by atoms with E-state index in [1.807, 2.05) is 0 Å². The molecule has 1 aromatic rings. The lowest BCUT2D eigenvalue weighted by molar-refractivity contribution is 0.0695. The van der Waals surface area contributed by atoms with Crippen LogP contribution in [0.5, 0.6) is 11.5 Å². The van der Waals surface area contributed by atoms with Gasteiger partial charge in [0.05, 0.1) is 5.56 Å². The highest BCUT2D eigenvalue weighted by Crippen LogP contribution is 2.35. The van der Waals surface area contributed by atoms with Crippen LogP contribution in [-0.4, -0.2) is 17.4 Å². The van der Waals surface area contributed by atoms with Crippen LogP contribution in [0.25, 0.3) is 0 Å². The van der Waals surface area contributed by atoms with Gasteiger partial charge in [-0.1, -0.05) is 5.92 Å². The van der Waals surface area contributed by atoms with Gasteiger partial charge < -0.3 is 14.6 Å². The molecule has 1 atom stereocenters. The molecule has 0 bridgehead atoms. The van der Waals surface area contributed by atoms with E-state index in [0.717, 1.165) is 0 Å². The Morgan fingerprint density at radius 3 is 2.80 bits per heavy atom. The second-order valence-corrected chi connectivity index (χ2v) is 2.93. The van der Waals surface area contributed by atoms with E-state index in [4.69, 9.17) is 14.6 Å². The van der Waals surface area contributed by atoms with E-state index in [9.17, 15) is 4.79 Å². The Hall–Kier alpha value is -2.15. The van der Waals surface area contributed by atoms with Gasteiger partial charge in [0.1, 0.15) is 0 Å². The van der Waals surface area contributed by atoms with E-state index >= 15 is 0 Å². The molecule has 0 radical (unpaired) electrons. The number of carboxylic acids is 1. The summed E-state index contributed by atoms with van der Waals surface area (Å²) in [5.41, 5.74) is 0.169. The Kier molecular flexibility index (Phi) is 2.22. The molecule has 1 aliphatic heterocycles. The zero-order chi connectivity index (χ0) is 10.8. The first-order valence-electron chi connectivity index (χ1n) is 4.33. The molecular formula is C11H8O4. The topological polar surface area (TPSA) is 55.8 Å². The minimum atomic E-state index is -0.994. The standard InChI is InChI=1S/C11H8O4/c1-2-3-10-14-8-5-4-7(11(12)13)6-9(8)15-10/h4-6,10H,1H3,(H,12,13). The number of ether oxygens (including phenoxy) is 2. The molecule has 0 fully saturated rings. The third kappa shape index (κ3) is 1.72. The van der Waals surface area contributed by atoms with Crippen LogP contribution in [0.2, 0.25) is 0 Å². The van der Waals surface area contributed by atoms with E-state index in [0.29, 0.717) is 11.5 Å². The number of benzene rings is 1. The van der Waals surface area contributed by atoms with Crippen molar-refractivity contribution in [3.8, 4) is 23.3 Å². The summed E-state index contributed by atoms with van der Waals surface area (Å²) in [6.45, 7) is 1.68. The van der Waals surface area contributed by atoms with Crippen molar-refractivity contribution in [3.63, 3.8) is 0 Å². The molecule has 0 aromatic heterocycles. The second-order valence-electron chi connectivity index (χ2n) is 2.93. The molecule has 1 aromatic carbocycles. The molecule has 0 aliphatic carbocycles. The van der Waals surface area contributed by atoms with Gasteiger partial charge in [-0.15, -0.1) is 0 Å². The molecule has 76 valence electrons. The maximum absolute atomic E-state index is 10.7. The fraction of sp³-hybridized carbons (Fsp3) is 0.182. The summed E-state index contributed by atoms with van der Waals surface area (Å²) >= 11 is 0. The quantitative estimate of drug-likeness (QED) is 0.704. The Morgan fingerprint density at radius 1 is 1.40 bits per heavy atom. The van der Waals surface area contributed by atoms with Crippen LogP contribution in [0.15, 0.2) is 18.2 Å². The smallest absolute Gasteiger partial charge is 0.335 e. The molecule has 4 nitrogen and oxygen atoms in total. The van der Waals surface area contributed by atoms with Crippen LogP contribution in [0.1, 0.15) is 17.3 Å². The first kappa shape index (κ1) is 9.41. The summed E-state index contributed by atoms with van der Waals surface area (Å²) in [5.74, 6) is 5.31. The average molecular weight is 204 g/mol. The van der Waals surface area contributed by atoms with Gasteiger partial charge in [-0.05, 0) is 31.0 Å². The number of carboxylic acid groups (broad SMARTS) is 1. The molecule has 0 spiro atoms. The van der Waals surface area contributed by atoms with Crippen LogP contribution < -0.4 is 9.47 Å². The summed E-state index contributed by atoms with van der Waals surface area (Å²) in [7, 11) is 0. The van der Waals surface area contributed by atoms with Gasteiger partial charge in [-0.3, -0.25) is 0 Å². The predicted molar refractivity (Wildman–Crippen MR) is 51.9 cm³/mol. The largest absolute Gasteiger partial charge is 0.478 e. The lowest BCUT2D eigenvalue weighted by atomic mass is 10.2. The van der Waals surface area contributed by atoms with Gasteiger partial charge in [0.25, 0.3) is 0 Å². The van der Waals surface area contributed by atoms with Crippen molar-refractivity contribution in [2.45, 2.75) is 13.2 Å². The third-order valence-electron chi connectivity index (χ3n) is 1.92. The summed E-state index contributed by atoms with van der Waals surface area (Å²) in [5, 5.41) is 8.76. The number of carbonyl (C=O) groups is 1. The van der Waals surface area contributed by atoms with Gasteiger partial charge in [0, 0.05) is 0 Å². The Balaban J connectivity index is 2.30. The van der Waals surface area contributed by atoms with Crippen molar-refractivity contribution in [2.75, 3.05) is 0 Å². The zero-order valence-electron chi connectivity index (χ0n) is 7.98. The van der Waals surface area contributed by atoms with E-state index in [2.05, 4.69) is 11.8 Å². The lowest BCUT2D eigenvalue weighted by Crippen LogP contribution is -2.14. The van der Waals surface area contributed by atoms with Crippen LogP contribution in [0, 0.1) is 11.8 Å². The molecule has 0 amide bonds. The van der Waals surface area contributed by atoms with Gasteiger partial charge in [-0.25, -0.2) is 4.79 Å². The summed E-state index contributed by atoms with van der Waals surface area (Å²) < 4.78 is 10.6. The second kappa shape index (κ2) is 3.54. The van der Waals surface area contributed by atoms with Gasteiger partial charge in [-0.2, -0.15) is 0 Å². The first-order chi connectivity index (χ1) is 7.20. The summed E-state index contributed by atoms with van der Waals surface area (Å²) in [6.07, 6.45) is -0.631. The van der Waals surface area contributed by atoms with Crippen molar-refractivity contribution < 1.29 is 19.4 Å². The fourth-order valence-corrected chi connectivity index (χ4v) is 1.26. The Labute approximate surface area is 86.4 Å². The van der Waals surface area contributed by atoms with Crippen molar-refractivity contribution >= 4 is 5.97 Å². The molecule has 1 unspecified atom stereocenters. The molecule has 15 heavy (non-hydrogen) atoms. The monoisotopic (exact) mass is 204 g/mol. The molecule has 1 heterocycles. The fourth-order valence-electron chi connectivity index (χ4n) is 1.26. The number of fused-ring (bicyclic) bond motifs is 1. The molecule has 0 saturated carbocycles. The highest BCUT2D eigenvalue weighted by molar-refractivity contribution is 5.88. The van der Waals surface area contributed by atoms with Crippen molar-refractivity contribution in [1.29, 1.82) is 0 Å². The first-order valence-corrected chi connectivity index (χ1v) is 4.33. The van der Waals surface area contributed by atoms with E-state index in [-0.39, 0.29) is 5.56 Å². The molecule has 0 saturated heterocycles. The van der Waals surface area contributed by atoms with E-state index in [1.165, 1.54) is 12.1 Å². The highest BCUT2D eigenvalue weighted by Gasteiger charge is 2.23. The van der Waals surface area contributed by atoms with Crippen LogP contribution in [0.3, 0.4) is 0 Å². The van der Waals surface area contributed by atoms with Crippen LogP contribution >= 0.6 is 0 Å². The van der Waals surface area contributed by atoms with Crippen LogP contribution in [0.4, 0.5) is 0 Å². The van der Waals surface area contributed by atoms with Crippen molar-refractivity contribution in [3.05, 3.63) is 23.8 Å². The molecule has 4 heteroatoms. The highest BCUT2D eigenvalue weighted by atomic mass is 16.7. The third-order valence-corrected chi connectivity index (χ3v) is 1.92. The van der Waals surface area contributed by atoms with Crippen LogP contribution in [-0.2, 0) is 0 Å². The summed E-state index contributed by atoms with van der Waals surface area (Å²) in [6, 6.07) is 4.46. The van der Waals surface area contributed by atoms with Gasteiger partial charge in [0.2, 0.25) is 0 Å². The average Bonchev–Trinajstić information content (AvgIpc) is 2.59. The maximum atomic E-state index is 10.7. The SMILES string of the molecule is CC#CC1Oc2ccc(C(=O)O)cc2O1. The summed E-state index contributed by atoms with van der Waals surface area (Å²) in [4.78, 5) is 10.7. The number of aromatic carboxylic acids is 1. The molecule has 1 aliphatic rings. The van der Waals surface area contributed by atoms with Gasteiger partial charge in [0.15, 0.2) is 11.5 Å². The number of rotatable bonds is 1. The number of hydrogen-bond acceptors (Lipinski definition) is 3. The number of hydrogen-bond donors (Lipinski definition) is 1. The van der Waals surface area contributed by atoms with Crippen molar-refractivity contribution in [1.82, 2.24) is 0 Å².